The van der Waals surface area contributed by atoms with Crippen molar-refractivity contribution in [1.82, 2.24) is 0 Å². The summed E-state index contributed by atoms with van der Waals surface area (Å²) in [6.07, 6.45) is 15.4. The summed E-state index contributed by atoms with van der Waals surface area (Å²) in [5, 5.41) is 0. The van der Waals surface area contributed by atoms with Crippen molar-refractivity contribution in [2.75, 3.05) is 0 Å². The van der Waals surface area contributed by atoms with Crippen LogP contribution in [0.3, 0.4) is 0 Å². The molecule has 0 aromatic carbocycles. The molecule has 0 aliphatic heterocycles. The van der Waals surface area contributed by atoms with E-state index in [2.05, 4.69) is 13.8 Å². The van der Waals surface area contributed by atoms with Gasteiger partial charge in [0.15, 0.2) is 0 Å². The fraction of sp³-hybridized carbons (Fsp3) is 0.950. The van der Waals surface area contributed by atoms with E-state index < -0.39 is 0 Å². The van der Waals surface area contributed by atoms with E-state index in [1.54, 1.807) is 0 Å². The maximum absolute atomic E-state index is 11.5. The van der Waals surface area contributed by atoms with Gasteiger partial charge in [0, 0.05) is 5.92 Å². The van der Waals surface area contributed by atoms with Gasteiger partial charge in [-0.25, -0.2) is 0 Å². The third kappa shape index (κ3) is 1.85. The van der Waals surface area contributed by atoms with Crippen LogP contribution in [-0.4, -0.2) is 6.29 Å². The van der Waals surface area contributed by atoms with Crippen LogP contribution in [0, 0.1) is 40.4 Å². The third-order valence-corrected chi connectivity index (χ3v) is 8.82. The highest BCUT2D eigenvalue weighted by atomic mass is 16.1. The molecule has 1 unspecified atom stereocenters. The zero-order valence-electron chi connectivity index (χ0n) is 13.9. The van der Waals surface area contributed by atoms with Gasteiger partial charge >= 0.3 is 0 Å². The molecule has 1 nitrogen and oxygen atoms in total. The van der Waals surface area contributed by atoms with Gasteiger partial charge in [-0.15, -0.1) is 0 Å². The molecule has 118 valence electrons. The topological polar surface area (TPSA) is 17.1 Å². The third-order valence-electron chi connectivity index (χ3n) is 8.82. The molecular weight excluding hydrogens is 256 g/mol. The quantitative estimate of drug-likeness (QED) is 0.603. The summed E-state index contributed by atoms with van der Waals surface area (Å²) in [6.45, 7) is 5.09. The molecule has 21 heavy (non-hydrogen) atoms. The fourth-order valence-electron chi connectivity index (χ4n) is 7.56. The Labute approximate surface area is 130 Å². The van der Waals surface area contributed by atoms with Crippen LogP contribution < -0.4 is 0 Å². The van der Waals surface area contributed by atoms with Gasteiger partial charge in [-0.2, -0.15) is 0 Å². The summed E-state index contributed by atoms with van der Waals surface area (Å²) in [6, 6.07) is 0. The van der Waals surface area contributed by atoms with Crippen molar-refractivity contribution in [1.29, 1.82) is 0 Å². The molecule has 1 heteroatoms. The van der Waals surface area contributed by atoms with Crippen molar-refractivity contribution in [2.45, 2.75) is 78.1 Å². The molecule has 4 saturated carbocycles. The monoisotopic (exact) mass is 288 g/mol. The van der Waals surface area contributed by atoms with Crippen molar-refractivity contribution in [3.63, 3.8) is 0 Å². The minimum atomic E-state index is 0.348. The van der Waals surface area contributed by atoms with E-state index in [9.17, 15) is 4.79 Å². The number of carbonyl (C=O) groups is 1. The Kier molecular flexibility index (Phi) is 3.28. The summed E-state index contributed by atoms with van der Waals surface area (Å²) in [7, 11) is 0. The Hall–Kier alpha value is -0.330. The molecule has 7 atom stereocenters. The summed E-state index contributed by atoms with van der Waals surface area (Å²) in [5.74, 6) is 4.14. The highest BCUT2D eigenvalue weighted by molar-refractivity contribution is 5.56. The van der Waals surface area contributed by atoms with Gasteiger partial charge in [0.05, 0.1) is 0 Å². The lowest BCUT2D eigenvalue weighted by molar-refractivity contribution is -0.125. The van der Waals surface area contributed by atoms with E-state index in [-0.39, 0.29) is 0 Å². The molecule has 0 aromatic heterocycles. The van der Waals surface area contributed by atoms with Crippen LogP contribution >= 0.6 is 0 Å². The van der Waals surface area contributed by atoms with Crippen LogP contribution in [0.2, 0.25) is 0 Å². The minimum absolute atomic E-state index is 0.348. The van der Waals surface area contributed by atoms with Crippen molar-refractivity contribution in [3.05, 3.63) is 0 Å². The van der Waals surface area contributed by atoms with Crippen molar-refractivity contribution < 1.29 is 4.79 Å². The van der Waals surface area contributed by atoms with Gasteiger partial charge in [-0.3, -0.25) is 0 Å². The molecule has 0 amide bonds. The first-order valence-corrected chi connectivity index (χ1v) is 9.55. The molecular formula is C20H32O. The number of hydrogen-bond donors (Lipinski definition) is 0. The largest absolute Gasteiger partial charge is 0.303 e. The summed E-state index contributed by atoms with van der Waals surface area (Å²) >= 11 is 0. The van der Waals surface area contributed by atoms with E-state index >= 15 is 0 Å². The van der Waals surface area contributed by atoms with E-state index in [4.69, 9.17) is 0 Å². The zero-order valence-corrected chi connectivity index (χ0v) is 13.9. The molecule has 0 radical (unpaired) electrons. The average molecular weight is 288 g/mol. The average Bonchev–Trinajstić information content (AvgIpc) is 2.83. The van der Waals surface area contributed by atoms with Crippen LogP contribution in [0.5, 0.6) is 0 Å². The maximum atomic E-state index is 11.5. The highest BCUT2D eigenvalue weighted by Crippen LogP contribution is 2.67. The molecule has 4 rings (SSSR count). The second-order valence-electron chi connectivity index (χ2n) is 9.27. The summed E-state index contributed by atoms with van der Waals surface area (Å²) in [4.78, 5) is 11.5. The number of fused-ring (bicyclic) bond motifs is 5. The van der Waals surface area contributed by atoms with Crippen LogP contribution in [0.1, 0.15) is 78.1 Å². The van der Waals surface area contributed by atoms with Crippen molar-refractivity contribution in [2.24, 2.45) is 40.4 Å². The van der Waals surface area contributed by atoms with Crippen molar-refractivity contribution >= 4 is 6.29 Å². The highest BCUT2D eigenvalue weighted by Gasteiger charge is 2.59. The van der Waals surface area contributed by atoms with E-state index in [1.165, 1.54) is 70.5 Å². The molecule has 0 heterocycles. The standard InChI is InChI=1S/C20H32O/c1-19-11-4-3-5-14(19)6-8-16-17-9-7-15(13-21)20(17,2)12-10-18(16)19/h13-18H,3-12H2,1-2H3/t14?,15-,16+,17+,18+,19+,20-/m1/s1. The van der Waals surface area contributed by atoms with Gasteiger partial charge in [0.2, 0.25) is 0 Å². The van der Waals surface area contributed by atoms with Crippen LogP contribution in [0.4, 0.5) is 0 Å². The van der Waals surface area contributed by atoms with Crippen molar-refractivity contribution in [3.8, 4) is 0 Å². The molecule has 0 N–H and O–H groups in total. The summed E-state index contributed by atoms with van der Waals surface area (Å²) < 4.78 is 0. The lowest BCUT2D eigenvalue weighted by atomic mass is 9.45. The predicted octanol–water partition coefficient (Wildman–Crippen LogP) is 5.23. The lowest BCUT2D eigenvalue weighted by Gasteiger charge is -2.60. The second kappa shape index (κ2) is 4.83. The predicted molar refractivity (Wildman–Crippen MR) is 85.9 cm³/mol. The van der Waals surface area contributed by atoms with Gasteiger partial charge in [-0.05, 0) is 85.9 Å². The minimum Gasteiger partial charge on any atom is -0.303 e. The number of carbonyl (C=O) groups excluding carboxylic acids is 1. The summed E-state index contributed by atoms with van der Waals surface area (Å²) in [5.41, 5.74) is 0.989. The first kappa shape index (κ1) is 14.3. The smallest absolute Gasteiger partial charge is 0.123 e. The fourth-order valence-corrected chi connectivity index (χ4v) is 7.56. The first-order valence-electron chi connectivity index (χ1n) is 9.55. The number of aldehydes is 1. The Bertz CT molecular complexity index is 430. The molecule has 0 bridgehead atoms. The van der Waals surface area contributed by atoms with Gasteiger partial charge in [0.1, 0.15) is 6.29 Å². The molecule has 4 fully saturated rings. The van der Waals surface area contributed by atoms with E-state index in [0.29, 0.717) is 16.7 Å². The Morgan fingerprint density at radius 3 is 2.43 bits per heavy atom. The Balaban J connectivity index is 1.64. The van der Waals surface area contributed by atoms with Crippen LogP contribution in [0.15, 0.2) is 0 Å². The van der Waals surface area contributed by atoms with E-state index in [1.807, 2.05) is 0 Å². The molecule has 0 saturated heterocycles. The van der Waals surface area contributed by atoms with Gasteiger partial charge < -0.3 is 4.79 Å². The Morgan fingerprint density at radius 1 is 0.810 bits per heavy atom. The van der Waals surface area contributed by atoms with Crippen LogP contribution in [0.25, 0.3) is 0 Å². The number of rotatable bonds is 1. The lowest BCUT2D eigenvalue weighted by Crippen LogP contribution is -2.52. The SMILES string of the molecule is C[C@]12CC[C@H]3[C@@H](CCC4CCCC[C@@]43C)[C@@H]1CC[C@@H]2C=O. The Morgan fingerprint density at radius 2 is 1.62 bits per heavy atom. The van der Waals surface area contributed by atoms with Gasteiger partial charge in [-0.1, -0.05) is 26.7 Å². The molecule has 0 aromatic rings. The number of hydrogen-bond acceptors (Lipinski definition) is 1. The molecule has 4 aliphatic carbocycles. The van der Waals surface area contributed by atoms with E-state index in [0.717, 1.165) is 23.7 Å². The molecule has 4 aliphatic rings. The normalized spacial score (nSPS) is 56.2. The van der Waals surface area contributed by atoms with Gasteiger partial charge in [0.25, 0.3) is 0 Å². The second-order valence-corrected chi connectivity index (χ2v) is 9.27. The van der Waals surface area contributed by atoms with Crippen LogP contribution in [-0.2, 0) is 4.79 Å². The maximum Gasteiger partial charge on any atom is 0.123 e. The zero-order chi connectivity index (χ0) is 14.7. The first-order chi connectivity index (χ1) is 10.1. The molecule has 0 spiro atoms.